The molecular weight excluding hydrogens is 312 g/mol. The molecule has 25 heavy (non-hydrogen) atoms. The molecule has 1 heterocycles. The second-order valence-electron chi connectivity index (χ2n) is 7.75. The Morgan fingerprint density at radius 2 is 1.88 bits per heavy atom. The van der Waals surface area contributed by atoms with Crippen LogP contribution in [0.2, 0.25) is 0 Å². The van der Waals surface area contributed by atoms with Gasteiger partial charge < -0.3 is 9.52 Å². The molecule has 0 bridgehead atoms. The Morgan fingerprint density at radius 3 is 2.44 bits per heavy atom. The van der Waals surface area contributed by atoms with Gasteiger partial charge >= 0.3 is 5.63 Å². The van der Waals surface area contributed by atoms with Crippen molar-refractivity contribution in [3.63, 3.8) is 0 Å². The molecule has 2 aliphatic rings. The molecule has 1 aromatic heterocycles. The van der Waals surface area contributed by atoms with E-state index in [0.29, 0.717) is 17.2 Å². The second kappa shape index (κ2) is 6.70. The van der Waals surface area contributed by atoms with Crippen molar-refractivity contribution in [2.75, 3.05) is 0 Å². The highest BCUT2D eigenvalue weighted by Gasteiger charge is 2.37. The topological polar surface area (TPSA) is 50.4 Å². The summed E-state index contributed by atoms with van der Waals surface area (Å²) in [6, 6.07) is 11.7. The van der Waals surface area contributed by atoms with Crippen LogP contribution >= 0.6 is 0 Å². The molecule has 0 amide bonds. The standard InChI is InChI=1S/C22H26O3/c1-2-15(12-14-8-9-14)19-13-18(23)21(22(24)25-19)20(17-10-11-17)16-6-4-3-5-7-16/h3-7,13-15,17,20,23H,2,8-12H2,1H3. The monoisotopic (exact) mass is 338 g/mol. The lowest BCUT2D eigenvalue weighted by Gasteiger charge is -2.19. The molecule has 0 spiro atoms. The average molecular weight is 338 g/mol. The molecule has 2 saturated carbocycles. The number of rotatable bonds is 7. The molecule has 2 atom stereocenters. The highest BCUT2D eigenvalue weighted by atomic mass is 16.4. The van der Waals surface area contributed by atoms with Gasteiger partial charge in [0, 0.05) is 17.9 Å². The Labute approximate surface area is 148 Å². The smallest absolute Gasteiger partial charge is 0.343 e. The van der Waals surface area contributed by atoms with Gasteiger partial charge in [0.05, 0.1) is 5.56 Å². The van der Waals surface area contributed by atoms with E-state index in [1.54, 1.807) is 6.07 Å². The molecule has 0 radical (unpaired) electrons. The molecule has 3 nitrogen and oxygen atoms in total. The summed E-state index contributed by atoms with van der Waals surface area (Å²) in [5, 5.41) is 10.7. The molecule has 4 rings (SSSR count). The third-order valence-corrected chi connectivity index (χ3v) is 5.76. The minimum Gasteiger partial charge on any atom is -0.507 e. The van der Waals surface area contributed by atoms with Crippen LogP contribution in [0.25, 0.3) is 0 Å². The van der Waals surface area contributed by atoms with Crippen LogP contribution in [0.3, 0.4) is 0 Å². The number of benzene rings is 1. The van der Waals surface area contributed by atoms with Crippen molar-refractivity contribution in [3.8, 4) is 5.75 Å². The summed E-state index contributed by atoms with van der Waals surface area (Å²) in [4.78, 5) is 12.8. The van der Waals surface area contributed by atoms with Crippen molar-refractivity contribution in [3.05, 3.63) is 63.7 Å². The molecule has 2 unspecified atom stereocenters. The van der Waals surface area contributed by atoms with E-state index in [-0.39, 0.29) is 23.2 Å². The molecule has 132 valence electrons. The Balaban J connectivity index is 1.70. The van der Waals surface area contributed by atoms with E-state index >= 15 is 0 Å². The first-order chi connectivity index (χ1) is 12.2. The molecule has 1 aromatic carbocycles. The maximum Gasteiger partial charge on any atom is 0.343 e. The first kappa shape index (κ1) is 16.4. The Kier molecular flexibility index (Phi) is 4.41. The zero-order valence-electron chi connectivity index (χ0n) is 14.8. The third-order valence-electron chi connectivity index (χ3n) is 5.76. The maximum atomic E-state index is 12.8. The molecule has 2 aliphatic carbocycles. The van der Waals surface area contributed by atoms with Gasteiger partial charge in [0.1, 0.15) is 11.5 Å². The molecular formula is C22H26O3. The van der Waals surface area contributed by atoms with Gasteiger partial charge in [-0.1, -0.05) is 50.1 Å². The predicted octanol–water partition coefficient (Wildman–Crippen LogP) is 5.18. The summed E-state index contributed by atoms with van der Waals surface area (Å²) in [6.45, 7) is 2.12. The van der Waals surface area contributed by atoms with E-state index in [1.165, 1.54) is 12.8 Å². The van der Waals surface area contributed by atoms with Crippen LogP contribution in [0.1, 0.15) is 74.2 Å². The highest BCUT2D eigenvalue weighted by Crippen LogP contribution is 2.48. The van der Waals surface area contributed by atoms with Crippen molar-refractivity contribution in [2.45, 2.75) is 57.3 Å². The van der Waals surface area contributed by atoms with Gasteiger partial charge in [-0.25, -0.2) is 4.79 Å². The first-order valence-electron chi connectivity index (χ1n) is 9.59. The Morgan fingerprint density at radius 1 is 1.16 bits per heavy atom. The predicted molar refractivity (Wildman–Crippen MR) is 98.0 cm³/mol. The normalized spacial score (nSPS) is 19.6. The van der Waals surface area contributed by atoms with Gasteiger partial charge in [0.2, 0.25) is 0 Å². The van der Waals surface area contributed by atoms with Crippen LogP contribution in [-0.2, 0) is 0 Å². The zero-order valence-corrected chi connectivity index (χ0v) is 14.8. The SMILES string of the molecule is CCC(CC1CC1)c1cc(O)c(C(c2ccccc2)C2CC2)c(=O)o1. The van der Waals surface area contributed by atoms with E-state index in [1.807, 2.05) is 30.3 Å². The van der Waals surface area contributed by atoms with Crippen molar-refractivity contribution < 1.29 is 9.52 Å². The van der Waals surface area contributed by atoms with Crippen molar-refractivity contribution >= 4 is 0 Å². The van der Waals surface area contributed by atoms with E-state index in [2.05, 4.69) is 6.92 Å². The van der Waals surface area contributed by atoms with Crippen LogP contribution in [-0.4, -0.2) is 5.11 Å². The van der Waals surface area contributed by atoms with Gasteiger partial charge in [-0.3, -0.25) is 0 Å². The fourth-order valence-corrected chi connectivity index (χ4v) is 4.00. The van der Waals surface area contributed by atoms with Gasteiger partial charge in [-0.2, -0.15) is 0 Å². The van der Waals surface area contributed by atoms with Crippen LogP contribution in [0, 0.1) is 11.8 Å². The van der Waals surface area contributed by atoms with Crippen molar-refractivity contribution in [1.29, 1.82) is 0 Å². The van der Waals surface area contributed by atoms with Gasteiger partial charge in [-0.05, 0) is 43.1 Å². The van der Waals surface area contributed by atoms with Crippen LogP contribution < -0.4 is 5.63 Å². The molecule has 1 N–H and O–H groups in total. The summed E-state index contributed by atoms with van der Waals surface area (Å²) < 4.78 is 5.74. The Bertz CT molecular complexity index is 785. The molecule has 2 aromatic rings. The third kappa shape index (κ3) is 3.51. The summed E-state index contributed by atoms with van der Waals surface area (Å²) in [5.74, 6) is 2.13. The highest BCUT2D eigenvalue weighted by molar-refractivity contribution is 5.41. The molecule has 2 fully saturated rings. The number of hydrogen-bond acceptors (Lipinski definition) is 3. The summed E-state index contributed by atoms with van der Waals surface area (Å²) in [5.41, 5.74) is 1.18. The fourth-order valence-electron chi connectivity index (χ4n) is 4.00. The Hall–Kier alpha value is -2.03. The van der Waals surface area contributed by atoms with Gasteiger partial charge in [0.15, 0.2) is 0 Å². The van der Waals surface area contributed by atoms with E-state index in [0.717, 1.165) is 37.2 Å². The summed E-state index contributed by atoms with van der Waals surface area (Å²) in [6.07, 6.45) is 6.75. The number of aromatic hydroxyl groups is 1. The average Bonchev–Trinajstić information content (AvgIpc) is 3.51. The lowest BCUT2D eigenvalue weighted by atomic mass is 9.87. The molecule has 0 aliphatic heterocycles. The quantitative estimate of drug-likeness (QED) is 0.756. The number of hydrogen-bond donors (Lipinski definition) is 1. The minimum atomic E-state index is -0.356. The lowest BCUT2D eigenvalue weighted by molar-refractivity contribution is 0.368. The van der Waals surface area contributed by atoms with Crippen molar-refractivity contribution in [2.24, 2.45) is 11.8 Å². The van der Waals surface area contributed by atoms with E-state index in [9.17, 15) is 9.90 Å². The molecule has 3 heteroatoms. The minimum absolute atomic E-state index is 0.0602. The van der Waals surface area contributed by atoms with E-state index in [4.69, 9.17) is 4.42 Å². The molecule has 0 saturated heterocycles. The summed E-state index contributed by atoms with van der Waals surface area (Å²) >= 11 is 0. The van der Waals surface area contributed by atoms with E-state index < -0.39 is 0 Å². The first-order valence-corrected chi connectivity index (χ1v) is 9.59. The zero-order chi connectivity index (χ0) is 17.4. The van der Waals surface area contributed by atoms with Crippen LogP contribution in [0.4, 0.5) is 0 Å². The van der Waals surface area contributed by atoms with Gasteiger partial charge in [-0.15, -0.1) is 0 Å². The largest absolute Gasteiger partial charge is 0.507 e. The van der Waals surface area contributed by atoms with Crippen LogP contribution in [0.15, 0.2) is 45.6 Å². The fraction of sp³-hybridized carbons (Fsp3) is 0.500. The summed E-state index contributed by atoms with van der Waals surface area (Å²) in [7, 11) is 0. The van der Waals surface area contributed by atoms with Gasteiger partial charge in [0.25, 0.3) is 0 Å². The maximum absolute atomic E-state index is 12.8. The van der Waals surface area contributed by atoms with Crippen LogP contribution in [0.5, 0.6) is 5.75 Å². The lowest BCUT2D eigenvalue weighted by Crippen LogP contribution is -2.17. The van der Waals surface area contributed by atoms with Crippen molar-refractivity contribution in [1.82, 2.24) is 0 Å². The second-order valence-corrected chi connectivity index (χ2v) is 7.75.